The van der Waals surface area contributed by atoms with Gasteiger partial charge < -0.3 is 10.6 Å². The van der Waals surface area contributed by atoms with E-state index in [1.807, 2.05) is 0 Å². The van der Waals surface area contributed by atoms with Gasteiger partial charge in [-0.05, 0) is 40.3 Å². The topological polar surface area (TPSA) is 28.2 Å². The van der Waals surface area contributed by atoms with Crippen LogP contribution < -0.4 is 0 Å². The summed E-state index contributed by atoms with van der Waals surface area (Å²) in [6, 6.07) is 0. The van der Waals surface area contributed by atoms with Crippen molar-refractivity contribution in [2.24, 2.45) is 0 Å². The Balaban J connectivity index is 0. The minimum atomic E-state index is -0.102. The van der Waals surface area contributed by atoms with Gasteiger partial charge in [0.2, 0.25) is 0 Å². The van der Waals surface area contributed by atoms with Crippen molar-refractivity contribution in [3.05, 3.63) is 10.6 Å². The molecule has 0 aromatic heterocycles. The van der Waals surface area contributed by atoms with Crippen molar-refractivity contribution in [3.8, 4) is 0 Å². The van der Waals surface area contributed by atoms with Crippen LogP contribution in [0.3, 0.4) is 0 Å². The number of hydrogen-bond acceptors (Lipinski definition) is 0. The van der Waals surface area contributed by atoms with E-state index in [4.69, 9.17) is 0 Å². The largest absolute Gasteiger partial charge is 1.00 e. The second-order valence-electron chi connectivity index (χ2n) is 5.99. The van der Waals surface area contributed by atoms with Crippen LogP contribution in [0.2, 0.25) is 0 Å². The fourth-order valence-corrected chi connectivity index (χ4v) is 5.07. The maximum absolute atomic E-state index is 4.57. The molecule has 2 heterocycles. The van der Waals surface area contributed by atoms with Crippen LogP contribution in [-0.2, 0) is 44.8 Å². The monoisotopic (exact) mass is 684 g/mol. The fraction of sp³-hybridized carbons (Fsp3) is 1.00. The summed E-state index contributed by atoms with van der Waals surface area (Å²) in [7, 11) is -0.204. The molecule has 0 aliphatic carbocycles. The van der Waals surface area contributed by atoms with Gasteiger partial charge in [0.1, 0.15) is 0 Å². The van der Waals surface area contributed by atoms with Crippen LogP contribution >= 0.6 is 15.8 Å². The van der Waals surface area contributed by atoms with Crippen molar-refractivity contribution in [2.45, 2.75) is 50.1 Å². The second kappa shape index (κ2) is 14.8. The molecule has 0 aromatic carbocycles. The van der Waals surface area contributed by atoms with Gasteiger partial charge in [0.25, 0.3) is 0 Å². The van der Waals surface area contributed by atoms with Crippen LogP contribution in [0.5, 0.6) is 0 Å². The van der Waals surface area contributed by atoms with Crippen LogP contribution in [-0.4, -0.2) is 51.3 Å². The van der Waals surface area contributed by atoms with Gasteiger partial charge in [-0.2, -0.15) is 0 Å². The van der Waals surface area contributed by atoms with E-state index in [9.17, 15) is 0 Å². The smallest absolute Gasteiger partial charge is 0.626 e. The van der Waals surface area contributed by atoms with Crippen LogP contribution in [0.1, 0.15) is 38.5 Å². The molecule has 2 rings (SSSR count). The molecular formula is C14H32Au2N2P2+2. The van der Waals surface area contributed by atoms with Crippen molar-refractivity contribution in [3.63, 3.8) is 0 Å². The predicted molar refractivity (Wildman–Crippen MR) is 92.1 cm³/mol. The van der Waals surface area contributed by atoms with E-state index in [0.29, 0.717) is 0 Å². The van der Waals surface area contributed by atoms with Gasteiger partial charge in [0.05, 0.1) is 0 Å². The van der Waals surface area contributed by atoms with E-state index in [1.165, 1.54) is 38.5 Å². The molecule has 0 N–H and O–H groups in total. The minimum Gasteiger partial charge on any atom is -0.626 e. The molecule has 128 valence electrons. The van der Waals surface area contributed by atoms with Crippen molar-refractivity contribution in [1.29, 1.82) is 0 Å². The first-order valence-corrected chi connectivity index (χ1v) is 12.7. The SMILES string of the molecule is C[PH+](C)C1CCCC[N-]1.C[PH+](C)C1CCCC[N-]1.[Au+].[Au+]. The predicted octanol–water partition coefficient (Wildman–Crippen LogP) is 4.68. The van der Waals surface area contributed by atoms with E-state index < -0.39 is 0 Å². The summed E-state index contributed by atoms with van der Waals surface area (Å²) >= 11 is 0. The minimum absolute atomic E-state index is 0. The molecule has 2 aliphatic heterocycles. The first-order chi connectivity index (χ1) is 8.61. The van der Waals surface area contributed by atoms with Gasteiger partial charge in [-0.25, -0.2) is 0 Å². The Morgan fingerprint density at radius 1 is 0.650 bits per heavy atom. The van der Waals surface area contributed by atoms with E-state index in [-0.39, 0.29) is 60.6 Å². The molecule has 0 saturated carbocycles. The van der Waals surface area contributed by atoms with Gasteiger partial charge >= 0.3 is 44.8 Å². The third-order valence-corrected chi connectivity index (χ3v) is 7.41. The Labute approximate surface area is 160 Å². The molecule has 2 unspecified atom stereocenters. The van der Waals surface area contributed by atoms with Crippen LogP contribution in [0.15, 0.2) is 0 Å². The summed E-state index contributed by atoms with van der Waals surface area (Å²) < 4.78 is 0. The van der Waals surface area contributed by atoms with Gasteiger partial charge in [0.15, 0.2) is 0 Å². The summed E-state index contributed by atoms with van der Waals surface area (Å²) in [5.74, 6) is 1.56. The summed E-state index contributed by atoms with van der Waals surface area (Å²) in [5, 5.41) is 9.15. The Morgan fingerprint density at radius 2 is 1.00 bits per heavy atom. The van der Waals surface area contributed by atoms with E-state index in [0.717, 1.165) is 24.7 Å². The van der Waals surface area contributed by atoms with E-state index in [1.54, 1.807) is 0 Å². The van der Waals surface area contributed by atoms with Gasteiger partial charge in [-0.3, -0.25) is 0 Å². The molecule has 2 saturated heterocycles. The zero-order chi connectivity index (χ0) is 13.4. The molecular weight excluding hydrogens is 652 g/mol. The number of piperidine rings is 2. The molecule has 0 bridgehead atoms. The third kappa shape index (κ3) is 10.9. The Hall–Kier alpha value is 2.26. The second-order valence-corrected chi connectivity index (χ2v) is 11.6. The average molecular weight is 684 g/mol. The first-order valence-electron chi connectivity index (χ1n) is 7.54. The zero-order valence-corrected chi connectivity index (χ0v) is 19.6. The molecule has 2 atom stereocenters. The van der Waals surface area contributed by atoms with Gasteiger partial charge in [-0.15, -0.1) is 13.1 Å². The quantitative estimate of drug-likeness (QED) is 0.299. The summed E-state index contributed by atoms with van der Waals surface area (Å²) in [6.45, 7) is 11.7. The van der Waals surface area contributed by atoms with E-state index >= 15 is 0 Å². The maximum atomic E-state index is 4.57. The molecule has 2 fully saturated rings. The molecule has 2 nitrogen and oxygen atoms in total. The van der Waals surface area contributed by atoms with Crippen molar-refractivity contribution < 1.29 is 44.8 Å². The molecule has 0 radical (unpaired) electrons. The maximum Gasteiger partial charge on any atom is 1.00 e. The summed E-state index contributed by atoms with van der Waals surface area (Å²) in [4.78, 5) is 0. The van der Waals surface area contributed by atoms with Crippen LogP contribution in [0, 0.1) is 0 Å². The Kier molecular flexibility index (Phi) is 18.2. The van der Waals surface area contributed by atoms with Crippen LogP contribution in [0.4, 0.5) is 0 Å². The Bertz CT molecular complexity index is 185. The molecule has 0 aromatic rings. The van der Waals surface area contributed by atoms with Crippen molar-refractivity contribution >= 4 is 15.8 Å². The zero-order valence-electron chi connectivity index (χ0n) is 13.3. The molecule has 0 spiro atoms. The molecule has 0 amide bonds. The van der Waals surface area contributed by atoms with Crippen LogP contribution in [0.25, 0.3) is 10.6 Å². The number of hydrogen-bond donors (Lipinski definition) is 0. The van der Waals surface area contributed by atoms with Gasteiger partial charge in [0, 0.05) is 26.7 Å². The normalized spacial score (nSPS) is 26.1. The van der Waals surface area contributed by atoms with E-state index in [2.05, 4.69) is 37.3 Å². The Morgan fingerprint density at radius 3 is 1.15 bits per heavy atom. The number of rotatable bonds is 2. The molecule has 6 heteroatoms. The summed E-state index contributed by atoms with van der Waals surface area (Å²) in [6.07, 6.45) is 8.27. The fourth-order valence-electron chi connectivity index (χ4n) is 2.52. The third-order valence-electron chi connectivity index (χ3n) is 3.80. The number of nitrogens with zero attached hydrogens (tertiary/aromatic N) is 2. The van der Waals surface area contributed by atoms with Gasteiger partial charge in [-0.1, -0.05) is 25.7 Å². The molecule has 20 heavy (non-hydrogen) atoms. The van der Waals surface area contributed by atoms with Crippen molar-refractivity contribution in [1.82, 2.24) is 0 Å². The summed E-state index contributed by atoms with van der Waals surface area (Å²) in [5.41, 5.74) is 0. The molecule has 2 aliphatic rings. The van der Waals surface area contributed by atoms with Crippen molar-refractivity contribution in [2.75, 3.05) is 39.7 Å². The average Bonchev–Trinajstić information content (AvgIpc) is 2.41. The first kappa shape index (κ1) is 24.5. The standard InChI is InChI=1S/2C7H15NP.2Au/c2*1-9(2)7-5-3-4-6-8-7;;/h2*7H,3-6H2,1-2H3;;/q2*-1;2*+1/p+2.